The van der Waals surface area contributed by atoms with E-state index in [4.69, 9.17) is 0 Å². The van der Waals surface area contributed by atoms with Gasteiger partial charge in [-0.25, -0.2) is 17.5 Å². The van der Waals surface area contributed by atoms with Gasteiger partial charge in [0.05, 0.1) is 4.90 Å². The third kappa shape index (κ3) is 3.06. The zero-order chi connectivity index (χ0) is 15.0. The van der Waals surface area contributed by atoms with Crippen molar-refractivity contribution in [3.05, 3.63) is 50.4 Å². The number of aryl methyl sites for hydroxylation is 1. The zero-order valence-corrected chi connectivity index (χ0v) is 14.2. The molecule has 1 unspecified atom stereocenters. The van der Waals surface area contributed by atoms with Crippen LogP contribution in [-0.2, 0) is 16.4 Å². The number of fused-ring (bicyclic) bond motifs is 1. The van der Waals surface area contributed by atoms with E-state index in [0.29, 0.717) is 0 Å². The van der Waals surface area contributed by atoms with Crippen LogP contribution in [0.15, 0.2) is 39.0 Å². The molecule has 21 heavy (non-hydrogen) atoms. The molecular weight excluding hydrogens is 377 g/mol. The average Bonchev–Trinajstić information content (AvgIpc) is 2.87. The maximum atomic E-state index is 13.1. The van der Waals surface area contributed by atoms with E-state index >= 15 is 0 Å². The molecule has 0 fully saturated rings. The first-order valence-electron chi connectivity index (χ1n) is 6.51. The average molecular weight is 390 g/mol. The number of halogens is 2. The van der Waals surface area contributed by atoms with Gasteiger partial charge >= 0.3 is 0 Å². The normalized spacial score (nSPS) is 18.5. The smallest absolute Gasteiger partial charge is 0.207 e. The molecule has 0 spiro atoms. The maximum absolute atomic E-state index is 13.1. The Morgan fingerprint density at radius 1 is 1.33 bits per heavy atom. The number of hydrogen-bond acceptors (Lipinski definition) is 3. The predicted molar refractivity (Wildman–Crippen MR) is 84.4 cm³/mol. The Balaban J connectivity index is 1.91. The minimum atomic E-state index is -3.69. The lowest BCUT2D eigenvalue weighted by Crippen LogP contribution is -2.30. The minimum absolute atomic E-state index is 0.0613. The lowest BCUT2D eigenvalue weighted by molar-refractivity contribution is 0.511. The summed E-state index contributed by atoms with van der Waals surface area (Å²) in [6.07, 6.45) is 2.75. The van der Waals surface area contributed by atoms with Crippen molar-refractivity contribution in [3.8, 4) is 0 Å². The summed E-state index contributed by atoms with van der Waals surface area (Å²) >= 11 is 4.78. The van der Waals surface area contributed by atoms with Gasteiger partial charge < -0.3 is 0 Å². The van der Waals surface area contributed by atoms with E-state index in [1.807, 2.05) is 11.4 Å². The summed E-state index contributed by atoms with van der Waals surface area (Å²) in [5.74, 6) is -0.474. The van der Waals surface area contributed by atoms with Crippen LogP contribution in [0.3, 0.4) is 0 Å². The SMILES string of the molecule is O=S(=O)(NC1CCCc2sccc21)c1ccc(F)cc1Br. The van der Waals surface area contributed by atoms with Crippen LogP contribution in [-0.4, -0.2) is 8.42 Å². The van der Waals surface area contributed by atoms with Crippen LogP contribution in [0.5, 0.6) is 0 Å². The summed E-state index contributed by atoms with van der Waals surface area (Å²) in [4.78, 5) is 1.30. The number of thiophene rings is 1. The number of benzene rings is 1. The fourth-order valence-electron chi connectivity index (χ4n) is 2.55. The van der Waals surface area contributed by atoms with Crippen molar-refractivity contribution in [2.75, 3.05) is 0 Å². The fraction of sp³-hybridized carbons (Fsp3) is 0.286. The van der Waals surface area contributed by atoms with Crippen molar-refractivity contribution in [2.24, 2.45) is 0 Å². The van der Waals surface area contributed by atoms with Crippen LogP contribution in [0.25, 0.3) is 0 Å². The van der Waals surface area contributed by atoms with Crippen LogP contribution >= 0.6 is 27.3 Å². The van der Waals surface area contributed by atoms with E-state index < -0.39 is 15.8 Å². The quantitative estimate of drug-likeness (QED) is 0.861. The van der Waals surface area contributed by atoms with Crippen LogP contribution in [0.4, 0.5) is 4.39 Å². The second-order valence-corrected chi connectivity index (χ2v) is 8.48. The van der Waals surface area contributed by atoms with Crippen LogP contribution in [0, 0.1) is 5.82 Å². The summed E-state index contributed by atoms with van der Waals surface area (Å²) in [7, 11) is -3.69. The maximum Gasteiger partial charge on any atom is 0.242 e. The van der Waals surface area contributed by atoms with E-state index in [1.165, 1.54) is 10.9 Å². The number of rotatable bonds is 3. The van der Waals surface area contributed by atoms with Gasteiger partial charge in [0, 0.05) is 15.4 Å². The predicted octanol–water partition coefficient (Wildman–Crippen LogP) is 4.01. The minimum Gasteiger partial charge on any atom is -0.207 e. The highest BCUT2D eigenvalue weighted by Gasteiger charge is 2.27. The molecule has 2 aromatic rings. The molecule has 0 amide bonds. The van der Waals surface area contributed by atoms with Crippen molar-refractivity contribution in [2.45, 2.75) is 30.2 Å². The lowest BCUT2D eigenvalue weighted by atomic mass is 9.95. The molecule has 7 heteroatoms. The molecule has 1 aromatic heterocycles. The summed E-state index contributed by atoms with van der Waals surface area (Å²) in [5, 5.41) is 1.99. The van der Waals surface area contributed by atoms with E-state index in [1.54, 1.807) is 11.3 Å². The van der Waals surface area contributed by atoms with Gasteiger partial charge in [-0.15, -0.1) is 11.3 Å². The highest BCUT2D eigenvalue weighted by atomic mass is 79.9. The van der Waals surface area contributed by atoms with Crippen molar-refractivity contribution >= 4 is 37.3 Å². The Bertz CT molecular complexity index is 773. The first-order valence-corrected chi connectivity index (χ1v) is 9.66. The Morgan fingerprint density at radius 3 is 2.90 bits per heavy atom. The first-order chi connectivity index (χ1) is 9.97. The van der Waals surface area contributed by atoms with Crippen LogP contribution in [0.1, 0.15) is 29.3 Å². The monoisotopic (exact) mass is 389 g/mol. The van der Waals surface area contributed by atoms with E-state index in [2.05, 4.69) is 20.7 Å². The van der Waals surface area contributed by atoms with Crippen molar-refractivity contribution in [1.29, 1.82) is 0 Å². The molecule has 112 valence electrons. The summed E-state index contributed by atoms with van der Waals surface area (Å²) in [6, 6.07) is 5.36. The summed E-state index contributed by atoms with van der Waals surface area (Å²) in [6.45, 7) is 0. The molecule has 1 N–H and O–H groups in total. The Labute approximate surface area is 135 Å². The van der Waals surface area contributed by atoms with Crippen LogP contribution < -0.4 is 4.72 Å². The lowest BCUT2D eigenvalue weighted by Gasteiger charge is -2.23. The standard InChI is InChI=1S/C14H13BrFNO2S2/c15-11-8-9(16)4-5-14(11)21(18,19)17-12-2-1-3-13-10(12)6-7-20-13/h4-8,12,17H,1-3H2. The molecule has 1 heterocycles. The Morgan fingerprint density at radius 2 is 2.14 bits per heavy atom. The summed E-state index contributed by atoms with van der Waals surface area (Å²) < 4.78 is 41.1. The molecule has 1 aliphatic rings. The molecular formula is C14H13BrFNO2S2. The van der Waals surface area contributed by atoms with Crippen molar-refractivity contribution < 1.29 is 12.8 Å². The second-order valence-electron chi connectivity index (χ2n) is 4.94. The van der Waals surface area contributed by atoms with Gasteiger partial charge in [-0.05, 0) is 70.4 Å². The van der Waals surface area contributed by atoms with Gasteiger partial charge in [0.2, 0.25) is 10.0 Å². The Kier molecular flexibility index (Phi) is 4.18. The van der Waals surface area contributed by atoms with E-state index in [-0.39, 0.29) is 15.4 Å². The van der Waals surface area contributed by atoms with Gasteiger partial charge in [-0.1, -0.05) is 0 Å². The molecule has 1 atom stereocenters. The zero-order valence-electron chi connectivity index (χ0n) is 11.0. The van der Waals surface area contributed by atoms with Gasteiger partial charge in [-0.3, -0.25) is 0 Å². The molecule has 1 aromatic carbocycles. The molecule has 0 aliphatic heterocycles. The number of sulfonamides is 1. The molecule has 3 rings (SSSR count). The van der Waals surface area contributed by atoms with Crippen molar-refractivity contribution in [3.63, 3.8) is 0 Å². The third-order valence-electron chi connectivity index (χ3n) is 3.53. The molecule has 0 radical (unpaired) electrons. The number of hydrogen-bond donors (Lipinski definition) is 1. The third-order valence-corrected chi connectivity index (χ3v) is 6.98. The van der Waals surface area contributed by atoms with Gasteiger partial charge in [-0.2, -0.15) is 0 Å². The first kappa shape index (κ1) is 15.1. The summed E-state index contributed by atoms with van der Waals surface area (Å²) in [5.41, 5.74) is 1.06. The molecule has 1 aliphatic carbocycles. The topological polar surface area (TPSA) is 46.2 Å². The van der Waals surface area contributed by atoms with E-state index in [9.17, 15) is 12.8 Å². The molecule has 0 saturated carbocycles. The fourth-order valence-corrected chi connectivity index (χ4v) is 5.84. The highest BCUT2D eigenvalue weighted by molar-refractivity contribution is 9.10. The largest absolute Gasteiger partial charge is 0.242 e. The van der Waals surface area contributed by atoms with Gasteiger partial charge in [0.15, 0.2) is 0 Å². The molecule has 3 nitrogen and oxygen atoms in total. The number of nitrogens with one attached hydrogen (secondary N) is 1. The Hall–Kier alpha value is -0.760. The van der Waals surface area contributed by atoms with Crippen molar-refractivity contribution in [1.82, 2.24) is 4.72 Å². The van der Waals surface area contributed by atoms with Gasteiger partial charge in [0.25, 0.3) is 0 Å². The molecule has 0 saturated heterocycles. The van der Waals surface area contributed by atoms with Crippen LogP contribution in [0.2, 0.25) is 0 Å². The molecule has 0 bridgehead atoms. The highest BCUT2D eigenvalue weighted by Crippen LogP contribution is 2.34. The second kappa shape index (κ2) is 5.79. The van der Waals surface area contributed by atoms with E-state index in [0.717, 1.165) is 37.0 Å². The van der Waals surface area contributed by atoms with Gasteiger partial charge in [0.1, 0.15) is 5.82 Å².